The van der Waals surface area contributed by atoms with Crippen LogP contribution in [0.1, 0.15) is 29.6 Å². The minimum Gasteiger partial charge on any atom is -0.508 e. The number of carbonyl (C=O) groups excluding carboxylic acids is 1. The minimum absolute atomic E-state index is 0.0306. The molecule has 0 aliphatic heterocycles. The first-order chi connectivity index (χ1) is 8.65. The standard InChI is InChI=1S/C13H18FNO2S/c1-18-8-4-2-3-7-15-13(17)11-6-5-10(16)9-12(11)14/h5-6,9,16H,2-4,7-8H2,1H3,(H,15,17). The van der Waals surface area contributed by atoms with Gasteiger partial charge < -0.3 is 10.4 Å². The molecule has 1 aromatic carbocycles. The van der Waals surface area contributed by atoms with Crippen LogP contribution in [0.25, 0.3) is 0 Å². The summed E-state index contributed by atoms with van der Waals surface area (Å²) in [4.78, 5) is 11.6. The van der Waals surface area contributed by atoms with Crippen LogP contribution < -0.4 is 5.32 Å². The van der Waals surface area contributed by atoms with Gasteiger partial charge in [-0.15, -0.1) is 0 Å². The topological polar surface area (TPSA) is 49.3 Å². The maximum Gasteiger partial charge on any atom is 0.254 e. The number of carbonyl (C=O) groups is 1. The number of phenolic OH excluding ortho intramolecular Hbond substituents is 1. The molecule has 1 aromatic rings. The highest BCUT2D eigenvalue weighted by Gasteiger charge is 2.11. The predicted molar refractivity (Wildman–Crippen MR) is 72.6 cm³/mol. The van der Waals surface area contributed by atoms with Crippen molar-refractivity contribution in [3.05, 3.63) is 29.6 Å². The number of aromatic hydroxyl groups is 1. The number of thioether (sulfide) groups is 1. The lowest BCUT2D eigenvalue weighted by Gasteiger charge is -2.06. The van der Waals surface area contributed by atoms with Crippen LogP contribution in [0.4, 0.5) is 4.39 Å². The first kappa shape index (κ1) is 14.8. The van der Waals surface area contributed by atoms with Crippen LogP contribution in [0.5, 0.6) is 5.75 Å². The van der Waals surface area contributed by atoms with Gasteiger partial charge in [0.15, 0.2) is 0 Å². The van der Waals surface area contributed by atoms with E-state index in [0.29, 0.717) is 6.54 Å². The Labute approximate surface area is 111 Å². The molecule has 2 N–H and O–H groups in total. The van der Waals surface area contributed by atoms with Gasteiger partial charge in [-0.1, -0.05) is 6.42 Å². The Hall–Kier alpha value is -1.23. The van der Waals surface area contributed by atoms with Crippen LogP contribution in [-0.4, -0.2) is 29.6 Å². The van der Waals surface area contributed by atoms with Crippen molar-refractivity contribution in [1.82, 2.24) is 5.32 Å². The summed E-state index contributed by atoms with van der Waals surface area (Å²) in [5.74, 6) is -0.186. The molecule has 0 atom stereocenters. The molecule has 100 valence electrons. The molecule has 3 nitrogen and oxygen atoms in total. The molecular weight excluding hydrogens is 253 g/mol. The van der Waals surface area contributed by atoms with E-state index in [1.165, 1.54) is 12.1 Å². The number of halogens is 1. The van der Waals surface area contributed by atoms with Crippen molar-refractivity contribution in [3.63, 3.8) is 0 Å². The number of hydrogen-bond acceptors (Lipinski definition) is 3. The molecule has 5 heteroatoms. The molecule has 0 aromatic heterocycles. The average molecular weight is 271 g/mol. The van der Waals surface area contributed by atoms with Crippen LogP contribution >= 0.6 is 11.8 Å². The van der Waals surface area contributed by atoms with E-state index in [1.807, 2.05) is 0 Å². The molecule has 0 saturated heterocycles. The van der Waals surface area contributed by atoms with Gasteiger partial charge in [0.1, 0.15) is 11.6 Å². The molecule has 0 heterocycles. The van der Waals surface area contributed by atoms with E-state index in [2.05, 4.69) is 11.6 Å². The lowest BCUT2D eigenvalue weighted by atomic mass is 10.2. The Morgan fingerprint density at radius 2 is 2.17 bits per heavy atom. The van der Waals surface area contributed by atoms with Crippen molar-refractivity contribution >= 4 is 17.7 Å². The smallest absolute Gasteiger partial charge is 0.254 e. The Balaban J connectivity index is 2.32. The van der Waals surface area contributed by atoms with E-state index in [0.717, 1.165) is 31.1 Å². The van der Waals surface area contributed by atoms with Crippen molar-refractivity contribution in [3.8, 4) is 5.75 Å². The van der Waals surface area contributed by atoms with Gasteiger partial charge in [-0.2, -0.15) is 11.8 Å². The van der Waals surface area contributed by atoms with Crippen molar-refractivity contribution < 1.29 is 14.3 Å². The van der Waals surface area contributed by atoms with E-state index < -0.39 is 11.7 Å². The molecule has 1 rings (SSSR count). The molecular formula is C13H18FNO2S. The van der Waals surface area contributed by atoms with E-state index in [4.69, 9.17) is 5.11 Å². The molecule has 0 aliphatic rings. The third kappa shape index (κ3) is 4.96. The molecule has 0 unspecified atom stereocenters. The Morgan fingerprint density at radius 3 is 2.83 bits per heavy atom. The Bertz CT molecular complexity index is 399. The van der Waals surface area contributed by atoms with Crippen molar-refractivity contribution in [1.29, 1.82) is 0 Å². The lowest BCUT2D eigenvalue weighted by Crippen LogP contribution is -2.25. The molecule has 0 radical (unpaired) electrons. The SMILES string of the molecule is CSCCCCCNC(=O)c1ccc(O)cc1F. The van der Waals surface area contributed by atoms with Gasteiger partial charge in [0.25, 0.3) is 5.91 Å². The fourth-order valence-electron chi connectivity index (χ4n) is 1.53. The molecule has 0 spiro atoms. The first-order valence-electron chi connectivity index (χ1n) is 5.91. The number of nitrogens with one attached hydrogen (secondary N) is 1. The normalized spacial score (nSPS) is 10.3. The van der Waals surface area contributed by atoms with E-state index in [9.17, 15) is 9.18 Å². The summed E-state index contributed by atoms with van der Waals surface area (Å²) in [5.41, 5.74) is -0.0306. The summed E-state index contributed by atoms with van der Waals surface area (Å²) in [7, 11) is 0. The van der Waals surface area contributed by atoms with Gasteiger partial charge in [-0.25, -0.2) is 4.39 Å². The van der Waals surface area contributed by atoms with E-state index in [-0.39, 0.29) is 11.3 Å². The van der Waals surface area contributed by atoms with Gasteiger partial charge in [0, 0.05) is 12.6 Å². The second-order valence-electron chi connectivity index (χ2n) is 3.97. The monoisotopic (exact) mass is 271 g/mol. The highest BCUT2D eigenvalue weighted by atomic mass is 32.2. The van der Waals surface area contributed by atoms with Gasteiger partial charge >= 0.3 is 0 Å². The highest BCUT2D eigenvalue weighted by molar-refractivity contribution is 7.98. The van der Waals surface area contributed by atoms with Crippen molar-refractivity contribution in [2.45, 2.75) is 19.3 Å². The number of rotatable bonds is 7. The van der Waals surface area contributed by atoms with E-state index >= 15 is 0 Å². The van der Waals surface area contributed by atoms with Gasteiger partial charge in [-0.05, 0) is 37.0 Å². The number of phenols is 1. The summed E-state index contributed by atoms with van der Waals surface area (Å²) in [6, 6.07) is 3.53. The third-order valence-corrected chi connectivity index (χ3v) is 3.21. The fourth-order valence-corrected chi connectivity index (χ4v) is 2.03. The zero-order chi connectivity index (χ0) is 13.4. The van der Waals surface area contributed by atoms with Crippen molar-refractivity contribution in [2.75, 3.05) is 18.6 Å². The quantitative estimate of drug-likeness (QED) is 0.750. The van der Waals surface area contributed by atoms with Crippen LogP contribution in [0.15, 0.2) is 18.2 Å². The summed E-state index contributed by atoms with van der Waals surface area (Å²) < 4.78 is 13.4. The molecule has 0 bridgehead atoms. The second kappa shape index (κ2) is 7.97. The summed E-state index contributed by atoms with van der Waals surface area (Å²) in [5, 5.41) is 11.7. The fraction of sp³-hybridized carbons (Fsp3) is 0.462. The molecule has 0 saturated carbocycles. The zero-order valence-electron chi connectivity index (χ0n) is 10.4. The van der Waals surface area contributed by atoms with Crippen LogP contribution in [-0.2, 0) is 0 Å². The summed E-state index contributed by atoms with van der Waals surface area (Å²) in [6.45, 7) is 0.549. The Morgan fingerprint density at radius 1 is 1.39 bits per heavy atom. The largest absolute Gasteiger partial charge is 0.508 e. The van der Waals surface area contributed by atoms with E-state index in [1.54, 1.807) is 11.8 Å². The number of hydrogen-bond donors (Lipinski definition) is 2. The zero-order valence-corrected chi connectivity index (χ0v) is 11.2. The van der Waals surface area contributed by atoms with Gasteiger partial charge in [-0.3, -0.25) is 4.79 Å². The van der Waals surface area contributed by atoms with Gasteiger partial charge in [0.2, 0.25) is 0 Å². The molecule has 0 aliphatic carbocycles. The van der Waals surface area contributed by atoms with Crippen molar-refractivity contribution in [2.24, 2.45) is 0 Å². The van der Waals surface area contributed by atoms with Crippen LogP contribution in [0, 0.1) is 5.82 Å². The Kier molecular flexibility index (Phi) is 6.57. The third-order valence-electron chi connectivity index (χ3n) is 2.51. The first-order valence-corrected chi connectivity index (χ1v) is 7.30. The van der Waals surface area contributed by atoms with Crippen LogP contribution in [0.2, 0.25) is 0 Å². The molecule has 0 fully saturated rings. The van der Waals surface area contributed by atoms with Gasteiger partial charge in [0.05, 0.1) is 5.56 Å². The number of amides is 1. The maximum absolute atomic E-state index is 13.4. The van der Waals surface area contributed by atoms with Crippen LogP contribution in [0.3, 0.4) is 0 Å². The number of benzene rings is 1. The molecule has 1 amide bonds. The lowest BCUT2D eigenvalue weighted by molar-refractivity contribution is 0.0949. The predicted octanol–water partition coefficient (Wildman–Crippen LogP) is 2.79. The average Bonchev–Trinajstić information content (AvgIpc) is 2.33. The minimum atomic E-state index is -0.699. The maximum atomic E-state index is 13.4. The molecule has 18 heavy (non-hydrogen) atoms. The number of unbranched alkanes of at least 4 members (excludes halogenated alkanes) is 2. The highest BCUT2D eigenvalue weighted by Crippen LogP contribution is 2.14. The summed E-state index contributed by atoms with van der Waals surface area (Å²) in [6.07, 6.45) is 5.14. The second-order valence-corrected chi connectivity index (χ2v) is 4.96. The summed E-state index contributed by atoms with van der Waals surface area (Å²) >= 11 is 1.81.